The fourth-order valence-electron chi connectivity index (χ4n) is 1.82. The van der Waals surface area contributed by atoms with Crippen LogP contribution in [0.3, 0.4) is 0 Å². The zero-order valence-electron chi connectivity index (χ0n) is 13.8. The molecular formula is C16H28IN3O2. The predicted molar refractivity (Wildman–Crippen MR) is 102 cm³/mol. The second-order valence-corrected chi connectivity index (χ2v) is 5.56. The molecule has 0 bridgehead atoms. The van der Waals surface area contributed by atoms with Crippen LogP contribution in [-0.4, -0.2) is 50.5 Å². The molecule has 0 radical (unpaired) electrons. The van der Waals surface area contributed by atoms with Gasteiger partial charge in [-0.3, -0.25) is 4.99 Å². The van der Waals surface area contributed by atoms with Crippen LogP contribution in [0, 0.1) is 0 Å². The summed E-state index contributed by atoms with van der Waals surface area (Å²) in [5, 5.41) is 16.0. The highest BCUT2D eigenvalue weighted by Gasteiger charge is 2.17. The molecule has 0 saturated heterocycles. The molecule has 1 aromatic carbocycles. The van der Waals surface area contributed by atoms with Crippen molar-refractivity contribution in [3.63, 3.8) is 0 Å². The van der Waals surface area contributed by atoms with Gasteiger partial charge < -0.3 is 20.5 Å². The van der Waals surface area contributed by atoms with E-state index < -0.39 is 0 Å². The lowest BCUT2D eigenvalue weighted by Gasteiger charge is -2.25. The molecule has 0 heterocycles. The zero-order chi connectivity index (χ0) is 15.7. The summed E-state index contributed by atoms with van der Waals surface area (Å²) >= 11 is 0. The molecule has 0 amide bonds. The molecule has 1 unspecified atom stereocenters. The van der Waals surface area contributed by atoms with E-state index in [0.717, 1.165) is 5.56 Å². The third kappa shape index (κ3) is 7.42. The summed E-state index contributed by atoms with van der Waals surface area (Å²) in [6.07, 6.45) is 0. The number of guanidine groups is 1. The summed E-state index contributed by atoms with van der Waals surface area (Å²) in [4.78, 5) is 4.18. The van der Waals surface area contributed by atoms with Crippen LogP contribution in [0.25, 0.3) is 0 Å². The van der Waals surface area contributed by atoms with E-state index >= 15 is 0 Å². The molecule has 126 valence electrons. The minimum absolute atomic E-state index is 0. The average Bonchev–Trinajstić information content (AvgIpc) is 2.52. The quantitative estimate of drug-likeness (QED) is 0.358. The molecule has 0 spiro atoms. The molecule has 5 nitrogen and oxygen atoms in total. The fraction of sp³-hybridized carbons (Fsp3) is 0.562. The fourth-order valence-corrected chi connectivity index (χ4v) is 1.82. The Morgan fingerprint density at radius 3 is 2.41 bits per heavy atom. The number of nitrogens with zero attached hydrogens (tertiary/aromatic N) is 1. The number of aliphatic hydroxyl groups is 1. The standard InChI is InChI=1S/C16H27N3O2.HI/c1-16(2,21-4)12-19-15(17-3)18-10-14(11-20)13-8-6-5-7-9-13;/h5-9,14,20H,10-12H2,1-4H3,(H2,17,18,19);1H. The first-order chi connectivity index (χ1) is 10.0. The van der Waals surface area contributed by atoms with Crippen LogP contribution in [0.1, 0.15) is 25.3 Å². The van der Waals surface area contributed by atoms with Crippen LogP contribution in [0.4, 0.5) is 0 Å². The highest BCUT2D eigenvalue weighted by molar-refractivity contribution is 14.0. The van der Waals surface area contributed by atoms with E-state index in [1.165, 1.54) is 0 Å². The largest absolute Gasteiger partial charge is 0.396 e. The molecule has 0 aromatic heterocycles. The Morgan fingerprint density at radius 2 is 1.91 bits per heavy atom. The number of aliphatic hydroxyl groups excluding tert-OH is 1. The van der Waals surface area contributed by atoms with Crippen LogP contribution in [0.15, 0.2) is 35.3 Å². The van der Waals surface area contributed by atoms with Crippen molar-refractivity contribution in [1.82, 2.24) is 10.6 Å². The number of halogens is 1. The van der Waals surface area contributed by atoms with Gasteiger partial charge in [0, 0.05) is 33.2 Å². The molecule has 1 rings (SSSR count). The van der Waals surface area contributed by atoms with Gasteiger partial charge in [0.2, 0.25) is 0 Å². The minimum atomic E-state index is -0.257. The third-order valence-electron chi connectivity index (χ3n) is 3.47. The number of nitrogens with one attached hydrogen (secondary N) is 2. The first-order valence-corrected chi connectivity index (χ1v) is 7.18. The van der Waals surface area contributed by atoms with E-state index in [1.54, 1.807) is 14.2 Å². The average molecular weight is 421 g/mol. The normalized spacial score (nSPS) is 13.2. The summed E-state index contributed by atoms with van der Waals surface area (Å²) in [5.74, 6) is 0.745. The molecule has 6 heteroatoms. The van der Waals surface area contributed by atoms with Crippen molar-refractivity contribution in [2.45, 2.75) is 25.4 Å². The highest BCUT2D eigenvalue weighted by atomic mass is 127. The maximum Gasteiger partial charge on any atom is 0.191 e. The first-order valence-electron chi connectivity index (χ1n) is 7.18. The van der Waals surface area contributed by atoms with Gasteiger partial charge in [-0.25, -0.2) is 0 Å². The van der Waals surface area contributed by atoms with E-state index in [9.17, 15) is 5.11 Å². The Kier molecular flexibility index (Phi) is 10.4. The second-order valence-electron chi connectivity index (χ2n) is 5.56. The summed E-state index contributed by atoms with van der Waals surface area (Å²) in [6.45, 7) is 5.38. The van der Waals surface area contributed by atoms with Crippen molar-refractivity contribution in [3.8, 4) is 0 Å². The topological polar surface area (TPSA) is 65.9 Å². The van der Waals surface area contributed by atoms with Crippen LogP contribution in [0.5, 0.6) is 0 Å². The molecule has 0 saturated carbocycles. The molecule has 1 aromatic rings. The van der Waals surface area contributed by atoms with E-state index in [-0.39, 0.29) is 42.1 Å². The molecule has 0 aliphatic rings. The van der Waals surface area contributed by atoms with Gasteiger partial charge in [-0.1, -0.05) is 30.3 Å². The Hall–Kier alpha value is -0.860. The number of hydrogen-bond donors (Lipinski definition) is 3. The van der Waals surface area contributed by atoms with Crippen LogP contribution >= 0.6 is 24.0 Å². The van der Waals surface area contributed by atoms with Gasteiger partial charge in [0.15, 0.2) is 5.96 Å². The summed E-state index contributed by atoms with van der Waals surface area (Å²) < 4.78 is 5.36. The van der Waals surface area contributed by atoms with Crippen molar-refractivity contribution in [3.05, 3.63) is 35.9 Å². The Balaban J connectivity index is 0.00000441. The zero-order valence-corrected chi connectivity index (χ0v) is 16.1. The van der Waals surface area contributed by atoms with Crippen molar-refractivity contribution in [1.29, 1.82) is 0 Å². The number of methoxy groups -OCH3 is 1. The number of aliphatic imine (C=N–C) groups is 1. The number of ether oxygens (including phenoxy) is 1. The SMILES string of the molecule is CN=C(NCC(CO)c1ccccc1)NCC(C)(C)OC.I. The lowest BCUT2D eigenvalue weighted by atomic mass is 10.0. The molecular weight excluding hydrogens is 393 g/mol. The Morgan fingerprint density at radius 1 is 1.27 bits per heavy atom. The van der Waals surface area contributed by atoms with Gasteiger partial charge in [0.25, 0.3) is 0 Å². The predicted octanol–water partition coefficient (Wildman–Crippen LogP) is 1.97. The molecule has 1 atom stereocenters. The van der Waals surface area contributed by atoms with Gasteiger partial charge in [0.1, 0.15) is 0 Å². The van der Waals surface area contributed by atoms with Gasteiger partial charge in [0.05, 0.1) is 12.2 Å². The Bertz CT molecular complexity index is 438. The van der Waals surface area contributed by atoms with Gasteiger partial charge in [-0.2, -0.15) is 0 Å². The molecule has 0 aliphatic heterocycles. The van der Waals surface area contributed by atoms with E-state index in [2.05, 4.69) is 15.6 Å². The molecule has 0 fully saturated rings. The van der Waals surface area contributed by atoms with Crippen LogP contribution in [-0.2, 0) is 4.74 Å². The van der Waals surface area contributed by atoms with Crippen molar-refractivity contribution in [2.24, 2.45) is 4.99 Å². The summed E-state index contributed by atoms with van der Waals surface area (Å²) in [6, 6.07) is 9.97. The van der Waals surface area contributed by atoms with Gasteiger partial charge in [-0.05, 0) is 19.4 Å². The van der Waals surface area contributed by atoms with Crippen LogP contribution in [0.2, 0.25) is 0 Å². The third-order valence-corrected chi connectivity index (χ3v) is 3.47. The van der Waals surface area contributed by atoms with Crippen molar-refractivity contribution < 1.29 is 9.84 Å². The van der Waals surface area contributed by atoms with E-state index in [0.29, 0.717) is 19.0 Å². The molecule has 0 aliphatic carbocycles. The number of benzene rings is 1. The smallest absolute Gasteiger partial charge is 0.191 e. The lowest BCUT2D eigenvalue weighted by Crippen LogP contribution is -2.46. The summed E-state index contributed by atoms with van der Waals surface area (Å²) in [5.41, 5.74) is 0.855. The van der Waals surface area contributed by atoms with Crippen molar-refractivity contribution >= 4 is 29.9 Å². The molecule has 22 heavy (non-hydrogen) atoms. The Labute approximate surface area is 150 Å². The number of rotatable bonds is 7. The van der Waals surface area contributed by atoms with Gasteiger partial charge >= 0.3 is 0 Å². The maximum atomic E-state index is 9.54. The minimum Gasteiger partial charge on any atom is -0.396 e. The first kappa shape index (κ1) is 21.1. The second kappa shape index (κ2) is 10.8. The van der Waals surface area contributed by atoms with Crippen molar-refractivity contribution in [2.75, 3.05) is 33.9 Å². The number of hydrogen-bond acceptors (Lipinski definition) is 3. The lowest BCUT2D eigenvalue weighted by molar-refractivity contribution is 0.0268. The molecule has 3 N–H and O–H groups in total. The van der Waals surface area contributed by atoms with E-state index in [1.807, 2.05) is 44.2 Å². The highest BCUT2D eigenvalue weighted by Crippen LogP contribution is 2.13. The maximum absolute atomic E-state index is 9.54. The van der Waals surface area contributed by atoms with Gasteiger partial charge in [-0.15, -0.1) is 24.0 Å². The van der Waals surface area contributed by atoms with Crippen LogP contribution < -0.4 is 10.6 Å². The monoisotopic (exact) mass is 421 g/mol. The summed E-state index contributed by atoms with van der Waals surface area (Å²) in [7, 11) is 3.42. The van der Waals surface area contributed by atoms with E-state index in [4.69, 9.17) is 4.74 Å².